The fourth-order valence-electron chi connectivity index (χ4n) is 2.66. The summed E-state index contributed by atoms with van der Waals surface area (Å²) in [5.41, 5.74) is -0.0443. The van der Waals surface area contributed by atoms with E-state index in [1.165, 1.54) is 6.07 Å². The number of ether oxygens (including phenoxy) is 1. The van der Waals surface area contributed by atoms with Crippen molar-refractivity contribution in [1.82, 2.24) is 5.32 Å². The van der Waals surface area contributed by atoms with E-state index in [4.69, 9.17) is 4.74 Å². The van der Waals surface area contributed by atoms with Crippen LogP contribution >= 0.6 is 0 Å². The summed E-state index contributed by atoms with van der Waals surface area (Å²) >= 11 is 0. The van der Waals surface area contributed by atoms with Crippen LogP contribution in [0, 0.1) is 17.0 Å². The molecule has 0 saturated heterocycles. The number of carbonyl (C=O) groups excluding carboxylic acids is 1. The Morgan fingerprint density at radius 2 is 2.14 bits per heavy atom. The van der Waals surface area contributed by atoms with E-state index in [-0.39, 0.29) is 11.0 Å². The SMILES string of the molecule is CCOCCC1(CNC(=O)c2ccc(F)cc2F)CCC1. The predicted octanol–water partition coefficient (Wildman–Crippen LogP) is 3.29. The first kappa shape index (κ1) is 15.9. The lowest BCUT2D eigenvalue weighted by Gasteiger charge is -2.42. The predicted molar refractivity (Wildman–Crippen MR) is 76.1 cm³/mol. The van der Waals surface area contributed by atoms with Gasteiger partial charge in [-0.05, 0) is 43.7 Å². The van der Waals surface area contributed by atoms with Crippen LogP contribution in [0.4, 0.5) is 8.78 Å². The van der Waals surface area contributed by atoms with Gasteiger partial charge in [0, 0.05) is 25.8 Å². The molecule has 21 heavy (non-hydrogen) atoms. The van der Waals surface area contributed by atoms with Crippen LogP contribution in [-0.2, 0) is 4.74 Å². The molecule has 2 rings (SSSR count). The molecule has 0 heterocycles. The van der Waals surface area contributed by atoms with Crippen LogP contribution in [0.15, 0.2) is 18.2 Å². The number of halogens is 2. The Morgan fingerprint density at radius 3 is 2.71 bits per heavy atom. The number of nitrogens with one attached hydrogen (secondary N) is 1. The number of benzene rings is 1. The highest BCUT2D eigenvalue weighted by atomic mass is 19.1. The smallest absolute Gasteiger partial charge is 0.254 e. The van der Waals surface area contributed by atoms with Crippen LogP contribution in [-0.4, -0.2) is 25.7 Å². The molecule has 1 aromatic carbocycles. The van der Waals surface area contributed by atoms with Crippen LogP contribution in [0.3, 0.4) is 0 Å². The summed E-state index contributed by atoms with van der Waals surface area (Å²) < 4.78 is 31.8. The van der Waals surface area contributed by atoms with Crippen LogP contribution in [0.1, 0.15) is 43.0 Å². The van der Waals surface area contributed by atoms with E-state index >= 15 is 0 Å². The molecule has 0 spiro atoms. The van der Waals surface area contributed by atoms with E-state index in [1.54, 1.807) is 0 Å². The van der Waals surface area contributed by atoms with Crippen LogP contribution < -0.4 is 5.32 Å². The van der Waals surface area contributed by atoms with Crippen molar-refractivity contribution >= 4 is 5.91 Å². The van der Waals surface area contributed by atoms with Gasteiger partial charge in [-0.25, -0.2) is 8.78 Å². The van der Waals surface area contributed by atoms with E-state index in [1.807, 2.05) is 6.92 Å². The van der Waals surface area contributed by atoms with Gasteiger partial charge >= 0.3 is 0 Å². The van der Waals surface area contributed by atoms with Gasteiger partial charge < -0.3 is 10.1 Å². The van der Waals surface area contributed by atoms with Gasteiger partial charge in [-0.1, -0.05) is 6.42 Å². The monoisotopic (exact) mass is 297 g/mol. The first-order valence-corrected chi connectivity index (χ1v) is 7.37. The summed E-state index contributed by atoms with van der Waals surface area (Å²) in [6.07, 6.45) is 4.14. The van der Waals surface area contributed by atoms with Crippen LogP contribution in [0.5, 0.6) is 0 Å². The van der Waals surface area contributed by atoms with Crippen molar-refractivity contribution < 1.29 is 18.3 Å². The zero-order chi connectivity index (χ0) is 15.3. The Kier molecular flexibility index (Phi) is 5.28. The second-order valence-electron chi connectivity index (χ2n) is 5.61. The van der Waals surface area contributed by atoms with Crippen LogP contribution in [0.2, 0.25) is 0 Å². The first-order chi connectivity index (χ1) is 10.1. The number of carbonyl (C=O) groups is 1. The third-order valence-electron chi connectivity index (χ3n) is 4.19. The van der Waals surface area contributed by atoms with Crippen molar-refractivity contribution in [3.8, 4) is 0 Å². The molecule has 1 aliphatic carbocycles. The second kappa shape index (κ2) is 6.98. The van der Waals surface area contributed by atoms with Gasteiger partial charge in [-0.3, -0.25) is 4.79 Å². The lowest BCUT2D eigenvalue weighted by molar-refractivity contribution is 0.0512. The summed E-state index contributed by atoms with van der Waals surface area (Å²) in [5.74, 6) is -2.00. The minimum atomic E-state index is -0.829. The van der Waals surface area contributed by atoms with Gasteiger partial charge in [0.25, 0.3) is 5.91 Å². The summed E-state index contributed by atoms with van der Waals surface area (Å²) in [6, 6.07) is 2.99. The van der Waals surface area contributed by atoms with E-state index < -0.39 is 17.5 Å². The van der Waals surface area contributed by atoms with Crippen molar-refractivity contribution in [3.05, 3.63) is 35.4 Å². The van der Waals surface area contributed by atoms with Crippen molar-refractivity contribution in [2.75, 3.05) is 19.8 Å². The van der Waals surface area contributed by atoms with E-state index in [0.29, 0.717) is 19.8 Å². The Morgan fingerprint density at radius 1 is 1.38 bits per heavy atom. The minimum Gasteiger partial charge on any atom is -0.382 e. The molecule has 116 valence electrons. The van der Waals surface area contributed by atoms with Gasteiger partial charge in [0.2, 0.25) is 0 Å². The highest BCUT2D eigenvalue weighted by molar-refractivity contribution is 5.94. The average Bonchev–Trinajstić information content (AvgIpc) is 2.40. The quantitative estimate of drug-likeness (QED) is 0.784. The zero-order valence-electron chi connectivity index (χ0n) is 12.3. The standard InChI is InChI=1S/C16H21F2NO2/c1-2-21-9-8-16(6-3-7-16)11-19-15(20)13-5-4-12(17)10-14(13)18/h4-5,10H,2-3,6-9,11H2,1H3,(H,19,20). The Labute approximate surface area is 123 Å². The summed E-state index contributed by atoms with van der Waals surface area (Å²) in [5, 5.41) is 2.77. The topological polar surface area (TPSA) is 38.3 Å². The van der Waals surface area contributed by atoms with Crippen molar-refractivity contribution in [3.63, 3.8) is 0 Å². The zero-order valence-corrected chi connectivity index (χ0v) is 12.3. The molecule has 1 aromatic rings. The maximum Gasteiger partial charge on any atom is 0.254 e. The Balaban J connectivity index is 1.90. The molecule has 0 radical (unpaired) electrons. The molecule has 5 heteroatoms. The van der Waals surface area contributed by atoms with E-state index in [9.17, 15) is 13.6 Å². The van der Waals surface area contributed by atoms with E-state index in [0.717, 1.165) is 37.8 Å². The average molecular weight is 297 g/mol. The molecule has 0 bridgehead atoms. The minimum absolute atomic E-state index is 0.0708. The third kappa shape index (κ3) is 4.00. The summed E-state index contributed by atoms with van der Waals surface area (Å²) in [6.45, 7) is 3.82. The lowest BCUT2D eigenvalue weighted by atomic mass is 9.66. The van der Waals surface area contributed by atoms with E-state index in [2.05, 4.69) is 5.32 Å². The van der Waals surface area contributed by atoms with Crippen molar-refractivity contribution in [2.24, 2.45) is 5.41 Å². The fourth-order valence-corrected chi connectivity index (χ4v) is 2.66. The molecule has 1 amide bonds. The van der Waals surface area contributed by atoms with Gasteiger partial charge in [-0.2, -0.15) is 0 Å². The molecule has 0 unspecified atom stereocenters. The van der Waals surface area contributed by atoms with Crippen molar-refractivity contribution in [1.29, 1.82) is 0 Å². The van der Waals surface area contributed by atoms with Crippen LogP contribution in [0.25, 0.3) is 0 Å². The summed E-state index contributed by atoms with van der Waals surface area (Å²) in [7, 11) is 0. The molecule has 3 nitrogen and oxygen atoms in total. The van der Waals surface area contributed by atoms with Gasteiger partial charge in [0.1, 0.15) is 11.6 Å². The lowest BCUT2D eigenvalue weighted by Crippen LogP contribution is -2.43. The molecule has 1 fully saturated rings. The molecule has 1 saturated carbocycles. The fraction of sp³-hybridized carbons (Fsp3) is 0.562. The number of rotatable bonds is 7. The van der Waals surface area contributed by atoms with Gasteiger partial charge in [0.05, 0.1) is 5.56 Å². The van der Waals surface area contributed by atoms with Gasteiger partial charge in [-0.15, -0.1) is 0 Å². The maximum atomic E-state index is 13.5. The molecule has 0 aromatic heterocycles. The molecular formula is C16H21F2NO2. The Hall–Kier alpha value is -1.49. The maximum absolute atomic E-state index is 13.5. The third-order valence-corrected chi connectivity index (χ3v) is 4.19. The first-order valence-electron chi connectivity index (χ1n) is 7.37. The molecule has 1 N–H and O–H groups in total. The largest absolute Gasteiger partial charge is 0.382 e. The molecular weight excluding hydrogens is 276 g/mol. The number of hydrogen-bond acceptors (Lipinski definition) is 2. The molecule has 0 aliphatic heterocycles. The highest BCUT2D eigenvalue weighted by Gasteiger charge is 2.36. The number of amides is 1. The number of hydrogen-bond donors (Lipinski definition) is 1. The van der Waals surface area contributed by atoms with Gasteiger partial charge in [0.15, 0.2) is 0 Å². The molecule has 0 atom stereocenters. The van der Waals surface area contributed by atoms with Crippen molar-refractivity contribution in [2.45, 2.75) is 32.6 Å². The molecule has 1 aliphatic rings. The summed E-state index contributed by atoms with van der Waals surface area (Å²) in [4.78, 5) is 12.0. The second-order valence-corrected chi connectivity index (χ2v) is 5.61. The normalized spacial score (nSPS) is 16.3. The Bertz CT molecular complexity index is 501. The highest BCUT2D eigenvalue weighted by Crippen LogP contribution is 2.43.